The van der Waals surface area contributed by atoms with E-state index in [9.17, 15) is 26.7 Å². The van der Waals surface area contributed by atoms with Crippen LogP contribution in [0.2, 0.25) is 0 Å². The molecule has 0 unspecified atom stereocenters. The summed E-state index contributed by atoms with van der Waals surface area (Å²) in [6.45, 7) is 4.79. The second-order valence-corrected chi connectivity index (χ2v) is 8.06. The summed E-state index contributed by atoms with van der Waals surface area (Å²) >= 11 is 0. The van der Waals surface area contributed by atoms with Gasteiger partial charge < -0.3 is 4.90 Å². The average molecular weight is 442 g/mol. The fourth-order valence-corrected chi connectivity index (χ4v) is 4.56. The van der Waals surface area contributed by atoms with Gasteiger partial charge in [0.25, 0.3) is 5.91 Å². The lowest BCUT2D eigenvalue weighted by Gasteiger charge is -2.33. The first kappa shape index (κ1) is 21.7. The molecule has 1 amide bonds. The average Bonchev–Trinajstić information content (AvgIpc) is 3.14. The number of likely N-dealkylation sites (tertiary alicyclic amines) is 1. The standard InChI is InChI=1S/C21H23F5N4O/c1-2-29-6-5-17-15(11-29)19(28-27-17)20(31)30-7-3-12(4-8-30)14-9-13(22)10-16(23)18(14)21(24,25)26/h9-10,12H,2-8,11H2,1H3,(H,27,28). The smallest absolute Gasteiger partial charge is 0.337 e. The van der Waals surface area contributed by atoms with Crippen molar-refractivity contribution in [3.8, 4) is 0 Å². The van der Waals surface area contributed by atoms with Crippen LogP contribution >= 0.6 is 0 Å². The summed E-state index contributed by atoms with van der Waals surface area (Å²) in [6, 6.07) is 1.02. The van der Waals surface area contributed by atoms with Gasteiger partial charge >= 0.3 is 6.18 Å². The van der Waals surface area contributed by atoms with E-state index < -0.39 is 29.3 Å². The van der Waals surface area contributed by atoms with E-state index in [4.69, 9.17) is 0 Å². The second-order valence-electron chi connectivity index (χ2n) is 8.06. The summed E-state index contributed by atoms with van der Waals surface area (Å²) in [5, 5.41) is 7.13. The van der Waals surface area contributed by atoms with Crippen molar-refractivity contribution in [2.24, 2.45) is 0 Å². The van der Waals surface area contributed by atoms with E-state index in [1.54, 1.807) is 4.90 Å². The van der Waals surface area contributed by atoms with Crippen LogP contribution in [0.5, 0.6) is 0 Å². The predicted molar refractivity (Wildman–Crippen MR) is 102 cm³/mol. The van der Waals surface area contributed by atoms with Crippen LogP contribution in [0.4, 0.5) is 22.0 Å². The summed E-state index contributed by atoms with van der Waals surface area (Å²) < 4.78 is 67.7. The van der Waals surface area contributed by atoms with Crippen LogP contribution in [0.1, 0.15) is 58.6 Å². The second kappa shape index (κ2) is 8.22. The largest absolute Gasteiger partial charge is 0.419 e. The number of aromatic nitrogens is 2. The predicted octanol–water partition coefficient (Wildman–Crippen LogP) is 4.10. The number of carbonyl (C=O) groups excluding carboxylic acids is 1. The molecular formula is C21H23F5N4O. The molecule has 0 saturated carbocycles. The van der Waals surface area contributed by atoms with Gasteiger partial charge in [0, 0.05) is 49.9 Å². The summed E-state index contributed by atoms with van der Waals surface area (Å²) in [5.74, 6) is -3.60. The maximum Gasteiger partial charge on any atom is 0.419 e. The number of rotatable bonds is 3. The van der Waals surface area contributed by atoms with Crippen molar-refractivity contribution >= 4 is 5.91 Å². The number of likely N-dealkylation sites (N-methyl/N-ethyl adjacent to an activating group) is 1. The summed E-state index contributed by atoms with van der Waals surface area (Å²) in [6.07, 6.45) is -3.77. The van der Waals surface area contributed by atoms with E-state index in [0.717, 1.165) is 36.8 Å². The fraction of sp³-hybridized carbons (Fsp3) is 0.524. The molecule has 1 aromatic heterocycles. The number of fused-ring (bicyclic) bond motifs is 1. The SMILES string of the molecule is CCN1CCc2[nH]nc(C(=O)N3CCC(c4cc(F)cc(F)c4C(F)(F)F)CC3)c2C1. The zero-order valence-electron chi connectivity index (χ0n) is 17.0. The molecule has 1 N–H and O–H groups in total. The Morgan fingerprint density at radius 2 is 1.90 bits per heavy atom. The van der Waals surface area contributed by atoms with Gasteiger partial charge in [-0.05, 0) is 36.9 Å². The van der Waals surface area contributed by atoms with Gasteiger partial charge in [0.15, 0.2) is 5.69 Å². The molecule has 4 rings (SSSR count). The van der Waals surface area contributed by atoms with Gasteiger partial charge in [0.1, 0.15) is 11.6 Å². The molecule has 0 bridgehead atoms. The van der Waals surface area contributed by atoms with Crippen LogP contribution < -0.4 is 0 Å². The summed E-state index contributed by atoms with van der Waals surface area (Å²) in [5.41, 5.74) is 0.353. The number of carbonyl (C=O) groups is 1. The highest BCUT2D eigenvalue weighted by Crippen LogP contribution is 2.41. The van der Waals surface area contributed by atoms with Gasteiger partial charge in [-0.1, -0.05) is 6.92 Å². The third-order valence-electron chi connectivity index (χ3n) is 6.25. The number of alkyl halides is 3. The number of amides is 1. The van der Waals surface area contributed by atoms with Gasteiger partial charge in [0.05, 0.1) is 5.56 Å². The summed E-state index contributed by atoms with van der Waals surface area (Å²) in [7, 11) is 0. The molecule has 31 heavy (non-hydrogen) atoms. The third kappa shape index (κ3) is 4.17. The Morgan fingerprint density at radius 3 is 2.55 bits per heavy atom. The Morgan fingerprint density at radius 1 is 1.19 bits per heavy atom. The lowest BCUT2D eigenvalue weighted by molar-refractivity contribution is -0.141. The molecule has 5 nitrogen and oxygen atoms in total. The first-order valence-electron chi connectivity index (χ1n) is 10.3. The van der Waals surface area contributed by atoms with E-state index in [1.807, 2.05) is 6.92 Å². The minimum atomic E-state index is -4.92. The molecule has 2 aromatic rings. The van der Waals surface area contributed by atoms with Crippen LogP contribution in [0.15, 0.2) is 12.1 Å². The minimum Gasteiger partial charge on any atom is -0.337 e. The van der Waals surface area contributed by atoms with Gasteiger partial charge in [0.2, 0.25) is 0 Å². The van der Waals surface area contributed by atoms with Crippen LogP contribution in [-0.2, 0) is 19.1 Å². The van der Waals surface area contributed by atoms with Gasteiger partial charge in [-0.15, -0.1) is 0 Å². The molecule has 10 heteroatoms. The van der Waals surface area contributed by atoms with Crippen molar-refractivity contribution in [3.05, 3.63) is 51.8 Å². The lowest BCUT2D eigenvalue weighted by Crippen LogP contribution is -2.39. The van der Waals surface area contributed by atoms with Gasteiger partial charge in [-0.2, -0.15) is 18.3 Å². The molecule has 2 aliphatic rings. The summed E-state index contributed by atoms with van der Waals surface area (Å²) in [4.78, 5) is 16.8. The Bertz CT molecular complexity index is 979. The number of nitrogens with one attached hydrogen (secondary N) is 1. The van der Waals surface area contributed by atoms with Crippen molar-refractivity contribution in [1.29, 1.82) is 0 Å². The molecule has 0 aliphatic carbocycles. The van der Waals surface area contributed by atoms with E-state index in [-0.39, 0.29) is 43.5 Å². The molecule has 0 radical (unpaired) electrons. The maximum atomic E-state index is 13.9. The van der Waals surface area contributed by atoms with E-state index in [1.165, 1.54) is 0 Å². The first-order chi connectivity index (χ1) is 14.7. The Hall–Kier alpha value is -2.49. The van der Waals surface area contributed by atoms with Crippen molar-refractivity contribution < 1.29 is 26.7 Å². The Labute approximate surface area is 176 Å². The minimum absolute atomic E-state index is 0.186. The Kier molecular flexibility index (Phi) is 5.76. The Balaban J connectivity index is 1.51. The van der Waals surface area contributed by atoms with Crippen LogP contribution in [0.3, 0.4) is 0 Å². The highest BCUT2D eigenvalue weighted by atomic mass is 19.4. The lowest BCUT2D eigenvalue weighted by atomic mass is 9.85. The maximum absolute atomic E-state index is 13.9. The van der Waals surface area contributed by atoms with Crippen molar-refractivity contribution in [2.75, 3.05) is 26.2 Å². The van der Waals surface area contributed by atoms with Crippen LogP contribution in [0, 0.1) is 11.6 Å². The van der Waals surface area contributed by atoms with Gasteiger partial charge in [-0.3, -0.25) is 14.8 Å². The van der Waals surface area contributed by atoms with Crippen LogP contribution in [0.25, 0.3) is 0 Å². The third-order valence-corrected chi connectivity index (χ3v) is 6.25. The fourth-order valence-electron chi connectivity index (χ4n) is 4.56. The zero-order valence-corrected chi connectivity index (χ0v) is 17.0. The number of nitrogens with zero attached hydrogens (tertiary/aromatic N) is 3. The highest BCUT2D eigenvalue weighted by molar-refractivity contribution is 5.94. The van der Waals surface area contributed by atoms with Crippen molar-refractivity contribution in [3.63, 3.8) is 0 Å². The van der Waals surface area contributed by atoms with Crippen molar-refractivity contribution in [2.45, 2.75) is 44.8 Å². The molecule has 168 valence electrons. The molecule has 1 fully saturated rings. The number of hydrogen-bond acceptors (Lipinski definition) is 3. The van der Waals surface area contributed by atoms with E-state index in [0.29, 0.717) is 12.2 Å². The van der Waals surface area contributed by atoms with E-state index >= 15 is 0 Å². The van der Waals surface area contributed by atoms with Crippen LogP contribution in [-0.4, -0.2) is 52.1 Å². The monoisotopic (exact) mass is 442 g/mol. The normalized spacial score (nSPS) is 18.3. The molecular weight excluding hydrogens is 419 g/mol. The van der Waals surface area contributed by atoms with Gasteiger partial charge in [-0.25, -0.2) is 8.78 Å². The molecule has 1 aromatic carbocycles. The zero-order chi connectivity index (χ0) is 22.3. The number of piperidine rings is 1. The van der Waals surface area contributed by atoms with Crippen molar-refractivity contribution in [1.82, 2.24) is 20.0 Å². The molecule has 3 heterocycles. The molecule has 1 saturated heterocycles. The molecule has 2 aliphatic heterocycles. The number of H-pyrrole nitrogens is 1. The quantitative estimate of drug-likeness (QED) is 0.729. The topological polar surface area (TPSA) is 52.2 Å². The number of halogens is 5. The molecule has 0 spiro atoms. The number of aromatic amines is 1. The number of hydrogen-bond donors (Lipinski definition) is 1. The highest BCUT2D eigenvalue weighted by Gasteiger charge is 2.40. The number of benzene rings is 1. The molecule has 0 atom stereocenters. The first-order valence-corrected chi connectivity index (χ1v) is 10.3. The van der Waals surface area contributed by atoms with E-state index in [2.05, 4.69) is 15.1 Å².